The third kappa shape index (κ3) is 3.47. The van der Waals surface area contributed by atoms with Crippen molar-refractivity contribution in [3.63, 3.8) is 0 Å². The van der Waals surface area contributed by atoms with Crippen LogP contribution in [0.15, 0.2) is 35.5 Å². The second-order valence-corrected chi connectivity index (χ2v) is 5.30. The summed E-state index contributed by atoms with van der Waals surface area (Å²) in [7, 11) is 0. The van der Waals surface area contributed by atoms with E-state index < -0.39 is 12.0 Å². The number of allylic oxidation sites excluding steroid dienone is 1. The molecule has 1 aliphatic rings. The first-order valence-electron chi connectivity index (χ1n) is 7.61. The molecule has 1 aromatic carbocycles. The fraction of sp³-hybridized carbons (Fsp3) is 0.412. The number of carbonyl (C=O) groups is 2. The molecule has 0 spiro atoms. The highest BCUT2D eigenvalue weighted by Crippen LogP contribution is 2.27. The highest BCUT2D eigenvalue weighted by molar-refractivity contribution is 5.95. The van der Waals surface area contributed by atoms with Gasteiger partial charge in [-0.15, -0.1) is 0 Å². The largest absolute Gasteiger partial charge is 0.462 e. The first-order chi connectivity index (χ1) is 10.6. The number of amides is 2. The van der Waals surface area contributed by atoms with Crippen LogP contribution < -0.4 is 10.6 Å². The predicted octanol–water partition coefficient (Wildman–Crippen LogP) is 2.83. The van der Waals surface area contributed by atoms with Crippen LogP contribution in [-0.4, -0.2) is 18.6 Å². The van der Waals surface area contributed by atoms with Crippen molar-refractivity contribution in [1.82, 2.24) is 10.6 Å². The molecule has 0 unspecified atom stereocenters. The minimum atomic E-state index is -0.482. The molecule has 1 aromatic rings. The zero-order chi connectivity index (χ0) is 16.1. The molecule has 1 atom stereocenters. The van der Waals surface area contributed by atoms with E-state index in [0.717, 1.165) is 18.4 Å². The van der Waals surface area contributed by atoms with E-state index in [1.54, 1.807) is 6.92 Å². The van der Waals surface area contributed by atoms with Gasteiger partial charge in [-0.05, 0) is 30.9 Å². The van der Waals surface area contributed by atoms with Gasteiger partial charge in [0.05, 0.1) is 18.2 Å². The van der Waals surface area contributed by atoms with E-state index in [1.165, 1.54) is 5.56 Å². The third-order valence-electron chi connectivity index (χ3n) is 3.65. The molecule has 0 fully saturated rings. The van der Waals surface area contributed by atoms with Gasteiger partial charge in [-0.2, -0.15) is 0 Å². The second kappa shape index (κ2) is 7.11. The fourth-order valence-corrected chi connectivity index (χ4v) is 2.43. The summed E-state index contributed by atoms with van der Waals surface area (Å²) in [5, 5.41) is 5.44. The van der Waals surface area contributed by atoms with E-state index in [1.807, 2.05) is 31.2 Å². The maximum atomic E-state index is 12.3. The Bertz CT molecular complexity index is 590. The summed E-state index contributed by atoms with van der Waals surface area (Å²) in [6.45, 7) is 6.11. The minimum absolute atomic E-state index is 0.311. The Morgan fingerprint density at radius 2 is 1.91 bits per heavy atom. The summed E-state index contributed by atoms with van der Waals surface area (Å²) in [4.78, 5) is 24.1. The molecule has 5 heteroatoms. The molecule has 5 nitrogen and oxygen atoms in total. The van der Waals surface area contributed by atoms with E-state index in [4.69, 9.17) is 4.74 Å². The number of hydrogen-bond donors (Lipinski definition) is 2. The Kier molecular flexibility index (Phi) is 5.20. The normalized spacial score (nSPS) is 17.8. The summed E-state index contributed by atoms with van der Waals surface area (Å²) in [6, 6.07) is 7.10. The molecule has 2 amide bonds. The van der Waals surface area contributed by atoms with Crippen molar-refractivity contribution < 1.29 is 14.3 Å². The zero-order valence-electron chi connectivity index (χ0n) is 13.2. The number of aryl methyl sites for hydroxylation is 1. The molecule has 22 heavy (non-hydrogen) atoms. The van der Waals surface area contributed by atoms with Crippen LogP contribution in [0.2, 0.25) is 0 Å². The van der Waals surface area contributed by atoms with Crippen molar-refractivity contribution in [2.45, 2.75) is 39.7 Å². The van der Waals surface area contributed by atoms with E-state index in [0.29, 0.717) is 17.9 Å². The molecule has 2 rings (SSSR count). The van der Waals surface area contributed by atoms with Crippen molar-refractivity contribution in [1.29, 1.82) is 0 Å². The van der Waals surface area contributed by atoms with Gasteiger partial charge in [0.2, 0.25) is 0 Å². The lowest BCUT2D eigenvalue weighted by Crippen LogP contribution is -2.45. The van der Waals surface area contributed by atoms with Crippen LogP contribution in [0.3, 0.4) is 0 Å². The number of nitrogens with one attached hydrogen (secondary N) is 2. The Morgan fingerprint density at radius 3 is 2.50 bits per heavy atom. The van der Waals surface area contributed by atoms with Gasteiger partial charge in [-0.25, -0.2) is 9.59 Å². The number of esters is 1. The molecule has 1 heterocycles. The van der Waals surface area contributed by atoms with Gasteiger partial charge >= 0.3 is 12.0 Å². The number of ether oxygens (including phenoxy) is 1. The maximum Gasteiger partial charge on any atom is 0.338 e. The molecule has 0 saturated heterocycles. The molecule has 0 saturated carbocycles. The highest BCUT2D eigenvalue weighted by atomic mass is 16.5. The molecule has 0 bridgehead atoms. The number of hydrogen-bond acceptors (Lipinski definition) is 3. The van der Waals surface area contributed by atoms with Gasteiger partial charge in [-0.3, -0.25) is 0 Å². The van der Waals surface area contributed by atoms with Crippen LogP contribution in [0.1, 0.15) is 44.4 Å². The molecule has 0 radical (unpaired) electrons. The van der Waals surface area contributed by atoms with Crippen LogP contribution in [0.4, 0.5) is 4.79 Å². The standard InChI is InChI=1S/C17H22N2O3/c1-4-10-22-16(20)14-11(3)18-17(21)19-15(14)13-8-6-12(5-2)7-9-13/h6-9,15H,4-5,10H2,1-3H3,(H2,18,19,21)/t15-/m0/s1. The van der Waals surface area contributed by atoms with E-state index >= 15 is 0 Å². The smallest absolute Gasteiger partial charge is 0.338 e. The van der Waals surface area contributed by atoms with Crippen LogP contribution in [0.25, 0.3) is 0 Å². The molecule has 0 aliphatic carbocycles. The summed E-state index contributed by atoms with van der Waals surface area (Å²) in [6.07, 6.45) is 1.70. The lowest BCUT2D eigenvalue weighted by atomic mass is 9.94. The van der Waals surface area contributed by atoms with Gasteiger partial charge in [-0.1, -0.05) is 38.1 Å². The lowest BCUT2D eigenvalue weighted by Gasteiger charge is -2.28. The average molecular weight is 302 g/mol. The Morgan fingerprint density at radius 1 is 1.23 bits per heavy atom. The van der Waals surface area contributed by atoms with Crippen molar-refractivity contribution >= 4 is 12.0 Å². The number of rotatable bonds is 5. The monoisotopic (exact) mass is 302 g/mol. The van der Waals surface area contributed by atoms with Gasteiger partial charge in [0.25, 0.3) is 0 Å². The molecular weight excluding hydrogens is 280 g/mol. The Hall–Kier alpha value is -2.30. The van der Waals surface area contributed by atoms with Crippen molar-refractivity contribution in [2.24, 2.45) is 0 Å². The molecule has 2 N–H and O–H groups in total. The van der Waals surface area contributed by atoms with Gasteiger partial charge in [0, 0.05) is 5.70 Å². The third-order valence-corrected chi connectivity index (χ3v) is 3.65. The molecule has 0 aromatic heterocycles. The van der Waals surface area contributed by atoms with Crippen molar-refractivity contribution in [3.05, 3.63) is 46.7 Å². The zero-order valence-corrected chi connectivity index (χ0v) is 13.2. The van der Waals surface area contributed by atoms with Gasteiger partial charge in [0.15, 0.2) is 0 Å². The van der Waals surface area contributed by atoms with Gasteiger partial charge < -0.3 is 15.4 Å². The van der Waals surface area contributed by atoms with Crippen molar-refractivity contribution in [2.75, 3.05) is 6.61 Å². The first-order valence-corrected chi connectivity index (χ1v) is 7.61. The molecule has 118 valence electrons. The quantitative estimate of drug-likeness (QED) is 0.822. The summed E-state index contributed by atoms with van der Waals surface area (Å²) in [5.41, 5.74) is 3.07. The van der Waals surface area contributed by atoms with E-state index in [9.17, 15) is 9.59 Å². The van der Waals surface area contributed by atoms with E-state index in [-0.39, 0.29) is 6.03 Å². The predicted molar refractivity (Wildman–Crippen MR) is 84.2 cm³/mol. The maximum absolute atomic E-state index is 12.3. The number of benzene rings is 1. The molecule has 1 aliphatic heterocycles. The summed E-state index contributed by atoms with van der Waals surface area (Å²) in [5.74, 6) is -0.392. The van der Waals surface area contributed by atoms with Crippen LogP contribution in [-0.2, 0) is 16.0 Å². The topological polar surface area (TPSA) is 67.4 Å². The second-order valence-electron chi connectivity index (χ2n) is 5.30. The fourth-order valence-electron chi connectivity index (χ4n) is 2.43. The highest BCUT2D eigenvalue weighted by Gasteiger charge is 2.31. The summed E-state index contributed by atoms with van der Waals surface area (Å²) >= 11 is 0. The van der Waals surface area contributed by atoms with Crippen LogP contribution >= 0.6 is 0 Å². The number of urea groups is 1. The Balaban J connectivity index is 2.34. The van der Waals surface area contributed by atoms with Gasteiger partial charge in [0.1, 0.15) is 0 Å². The minimum Gasteiger partial charge on any atom is -0.462 e. The van der Waals surface area contributed by atoms with Crippen LogP contribution in [0, 0.1) is 0 Å². The molecular formula is C17H22N2O3. The SMILES string of the molecule is CCCOC(=O)C1=C(C)NC(=O)N[C@H]1c1ccc(CC)cc1. The summed E-state index contributed by atoms with van der Waals surface area (Å²) < 4.78 is 5.24. The number of carbonyl (C=O) groups excluding carboxylic acids is 2. The van der Waals surface area contributed by atoms with E-state index in [2.05, 4.69) is 17.6 Å². The lowest BCUT2D eigenvalue weighted by molar-refractivity contribution is -0.139. The van der Waals surface area contributed by atoms with Crippen LogP contribution in [0.5, 0.6) is 0 Å². The van der Waals surface area contributed by atoms with Crippen molar-refractivity contribution in [3.8, 4) is 0 Å². The Labute approximate surface area is 130 Å². The average Bonchev–Trinajstić information content (AvgIpc) is 2.52. The first kappa shape index (κ1) is 16.1.